The summed E-state index contributed by atoms with van der Waals surface area (Å²) in [5.74, 6) is 0.160. The van der Waals surface area contributed by atoms with Gasteiger partial charge in [0.25, 0.3) is 0 Å². The van der Waals surface area contributed by atoms with Crippen molar-refractivity contribution in [2.75, 3.05) is 26.7 Å². The molecule has 15 heavy (non-hydrogen) atoms. The first-order valence-corrected chi connectivity index (χ1v) is 5.60. The third kappa shape index (κ3) is 3.47. The van der Waals surface area contributed by atoms with Gasteiger partial charge in [-0.3, -0.25) is 4.79 Å². The summed E-state index contributed by atoms with van der Waals surface area (Å²) in [4.78, 5) is 11.9. The molecule has 1 saturated heterocycles. The van der Waals surface area contributed by atoms with Gasteiger partial charge in [0.05, 0.1) is 6.10 Å². The Bertz CT molecular complexity index is 213. The fourth-order valence-electron chi connectivity index (χ4n) is 1.74. The van der Waals surface area contributed by atoms with E-state index in [0.717, 1.165) is 25.9 Å². The van der Waals surface area contributed by atoms with Crippen LogP contribution in [0.1, 0.15) is 26.7 Å². The molecule has 1 unspecified atom stereocenters. The number of rotatable bonds is 4. The number of carbonyl (C=O) groups excluding carboxylic acids is 1. The van der Waals surface area contributed by atoms with E-state index >= 15 is 0 Å². The lowest BCUT2D eigenvalue weighted by molar-refractivity contribution is -0.132. The Morgan fingerprint density at radius 3 is 2.67 bits per heavy atom. The molecule has 0 spiro atoms. The number of piperidine rings is 1. The van der Waals surface area contributed by atoms with E-state index in [9.17, 15) is 4.79 Å². The van der Waals surface area contributed by atoms with Crippen LogP contribution in [0.3, 0.4) is 0 Å². The lowest BCUT2D eigenvalue weighted by Crippen LogP contribution is -2.47. The van der Waals surface area contributed by atoms with Gasteiger partial charge in [-0.25, -0.2) is 0 Å². The Hall–Kier alpha value is -0.610. The summed E-state index contributed by atoms with van der Waals surface area (Å²) in [5.41, 5.74) is -0.196. The molecule has 2 N–H and O–H groups in total. The van der Waals surface area contributed by atoms with Crippen LogP contribution in [-0.2, 0) is 9.53 Å². The zero-order valence-electron chi connectivity index (χ0n) is 9.93. The molecule has 0 aromatic rings. The topological polar surface area (TPSA) is 50.4 Å². The van der Waals surface area contributed by atoms with Gasteiger partial charge in [-0.1, -0.05) is 6.92 Å². The summed E-state index contributed by atoms with van der Waals surface area (Å²) in [7, 11) is 1.66. The standard InChI is InChI=1S/C11H22N2O2/c1-9(15-3)8-13-10(14)11(2)4-6-12-7-5-11/h9,12H,4-8H2,1-3H3,(H,13,14). The van der Waals surface area contributed by atoms with E-state index in [2.05, 4.69) is 10.6 Å². The zero-order valence-corrected chi connectivity index (χ0v) is 9.93. The maximum atomic E-state index is 11.9. The molecular weight excluding hydrogens is 192 g/mol. The summed E-state index contributed by atoms with van der Waals surface area (Å²) in [5, 5.41) is 6.22. The van der Waals surface area contributed by atoms with Gasteiger partial charge in [0, 0.05) is 19.1 Å². The molecule has 88 valence electrons. The van der Waals surface area contributed by atoms with E-state index in [1.165, 1.54) is 0 Å². The Morgan fingerprint density at radius 1 is 1.53 bits per heavy atom. The summed E-state index contributed by atoms with van der Waals surface area (Å²) in [6, 6.07) is 0. The fraction of sp³-hybridized carbons (Fsp3) is 0.909. The zero-order chi connectivity index (χ0) is 11.3. The van der Waals surface area contributed by atoms with Gasteiger partial charge in [0.15, 0.2) is 0 Å². The highest BCUT2D eigenvalue weighted by Gasteiger charge is 2.34. The number of nitrogens with one attached hydrogen (secondary N) is 2. The van der Waals surface area contributed by atoms with Crippen LogP contribution in [0, 0.1) is 5.41 Å². The van der Waals surface area contributed by atoms with Crippen LogP contribution in [-0.4, -0.2) is 38.8 Å². The average Bonchev–Trinajstić information content (AvgIpc) is 2.26. The van der Waals surface area contributed by atoms with Crippen LogP contribution in [0.15, 0.2) is 0 Å². The Morgan fingerprint density at radius 2 is 2.13 bits per heavy atom. The maximum Gasteiger partial charge on any atom is 0.226 e. The third-order valence-corrected chi connectivity index (χ3v) is 3.21. The first kappa shape index (κ1) is 12.5. The molecule has 1 fully saturated rings. The van der Waals surface area contributed by atoms with Crippen LogP contribution in [0.4, 0.5) is 0 Å². The number of hydrogen-bond donors (Lipinski definition) is 2. The van der Waals surface area contributed by atoms with E-state index in [4.69, 9.17) is 4.74 Å². The van der Waals surface area contributed by atoms with Gasteiger partial charge in [-0.05, 0) is 32.9 Å². The predicted octanol–water partition coefficient (Wildman–Crippen LogP) is 0.527. The molecule has 1 aliphatic rings. The monoisotopic (exact) mass is 214 g/mol. The van der Waals surface area contributed by atoms with Crippen molar-refractivity contribution in [3.63, 3.8) is 0 Å². The first-order chi connectivity index (χ1) is 7.08. The largest absolute Gasteiger partial charge is 0.380 e. The maximum absolute atomic E-state index is 11.9. The number of carbonyl (C=O) groups is 1. The smallest absolute Gasteiger partial charge is 0.226 e. The Kier molecular flexibility index (Phi) is 4.54. The minimum Gasteiger partial charge on any atom is -0.380 e. The molecule has 4 nitrogen and oxygen atoms in total. The van der Waals surface area contributed by atoms with Gasteiger partial charge in [-0.15, -0.1) is 0 Å². The minimum atomic E-state index is -0.196. The lowest BCUT2D eigenvalue weighted by Gasteiger charge is -2.32. The van der Waals surface area contributed by atoms with Crippen molar-refractivity contribution in [3.05, 3.63) is 0 Å². The summed E-state index contributed by atoms with van der Waals surface area (Å²) >= 11 is 0. The van der Waals surface area contributed by atoms with Crippen LogP contribution in [0.2, 0.25) is 0 Å². The molecular formula is C11H22N2O2. The highest BCUT2D eigenvalue weighted by atomic mass is 16.5. The van der Waals surface area contributed by atoms with E-state index in [1.54, 1.807) is 7.11 Å². The van der Waals surface area contributed by atoms with Crippen molar-refractivity contribution in [2.45, 2.75) is 32.8 Å². The second-order valence-electron chi connectivity index (χ2n) is 4.57. The molecule has 0 radical (unpaired) electrons. The first-order valence-electron chi connectivity index (χ1n) is 5.60. The normalized spacial score (nSPS) is 22.1. The van der Waals surface area contributed by atoms with Gasteiger partial charge >= 0.3 is 0 Å². The minimum absolute atomic E-state index is 0.0827. The Balaban J connectivity index is 2.37. The molecule has 0 bridgehead atoms. The highest BCUT2D eigenvalue weighted by molar-refractivity contribution is 5.82. The number of amides is 1. The van der Waals surface area contributed by atoms with Gasteiger partial charge in [0.1, 0.15) is 0 Å². The van der Waals surface area contributed by atoms with E-state index in [-0.39, 0.29) is 17.4 Å². The third-order valence-electron chi connectivity index (χ3n) is 3.21. The van der Waals surface area contributed by atoms with E-state index < -0.39 is 0 Å². The molecule has 4 heteroatoms. The molecule has 0 aliphatic carbocycles. The molecule has 1 amide bonds. The van der Waals surface area contributed by atoms with Crippen LogP contribution in [0.25, 0.3) is 0 Å². The van der Waals surface area contributed by atoms with Crippen molar-refractivity contribution in [2.24, 2.45) is 5.41 Å². The van der Waals surface area contributed by atoms with Crippen molar-refractivity contribution in [3.8, 4) is 0 Å². The average molecular weight is 214 g/mol. The molecule has 1 rings (SSSR count). The number of hydrogen-bond acceptors (Lipinski definition) is 3. The summed E-state index contributed by atoms with van der Waals surface area (Å²) in [6.45, 7) is 6.46. The summed E-state index contributed by atoms with van der Waals surface area (Å²) < 4.78 is 5.09. The SMILES string of the molecule is COC(C)CNC(=O)C1(C)CCNCC1. The van der Waals surface area contributed by atoms with Crippen LogP contribution in [0.5, 0.6) is 0 Å². The Labute approximate surface area is 91.8 Å². The number of methoxy groups -OCH3 is 1. The second-order valence-corrected chi connectivity index (χ2v) is 4.57. The van der Waals surface area contributed by atoms with Crippen molar-refractivity contribution in [1.82, 2.24) is 10.6 Å². The molecule has 0 aromatic heterocycles. The lowest BCUT2D eigenvalue weighted by atomic mass is 9.80. The molecule has 1 atom stereocenters. The molecule has 1 heterocycles. The molecule has 0 saturated carbocycles. The van der Waals surface area contributed by atoms with Gasteiger partial charge in [-0.2, -0.15) is 0 Å². The predicted molar refractivity (Wildman–Crippen MR) is 59.7 cm³/mol. The quantitative estimate of drug-likeness (QED) is 0.717. The highest BCUT2D eigenvalue weighted by Crippen LogP contribution is 2.27. The van der Waals surface area contributed by atoms with Crippen LogP contribution < -0.4 is 10.6 Å². The molecule has 1 aliphatic heterocycles. The van der Waals surface area contributed by atoms with E-state index in [1.807, 2.05) is 13.8 Å². The van der Waals surface area contributed by atoms with Crippen molar-refractivity contribution >= 4 is 5.91 Å². The van der Waals surface area contributed by atoms with Crippen molar-refractivity contribution < 1.29 is 9.53 Å². The summed E-state index contributed by atoms with van der Waals surface area (Å²) in [6.07, 6.45) is 1.92. The van der Waals surface area contributed by atoms with Gasteiger partial charge < -0.3 is 15.4 Å². The number of ether oxygens (including phenoxy) is 1. The van der Waals surface area contributed by atoms with Crippen LogP contribution >= 0.6 is 0 Å². The van der Waals surface area contributed by atoms with E-state index in [0.29, 0.717) is 6.54 Å². The fourth-order valence-corrected chi connectivity index (χ4v) is 1.74. The second kappa shape index (κ2) is 5.47. The molecule has 0 aromatic carbocycles. The van der Waals surface area contributed by atoms with Crippen molar-refractivity contribution in [1.29, 1.82) is 0 Å². The van der Waals surface area contributed by atoms with Gasteiger partial charge in [0.2, 0.25) is 5.91 Å².